The molecule has 0 atom stereocenters. The van der Waals surface area contributed by atoms with Gasteiger partial charge in [-0.15, -0.1) is 0 Å². The maximum Gasteiger partial charge on any atom is 0.282 e. The fourth-order valence-corrected chi connectivity index (χ4v) is 2.21. The molecule has 0 saturated carbocycles. The molecule has 0 aliphatic rings. The summed E-state index contributed by atoms with van der Waals surface area (Å²) in [6, 6.07) is 10.7. The highest BCUT2D eigenvalue weighted by atomic mass is 16.6. The number of ether oxygens (including phenoxy) is 1. The van der Waals surface area contributed by atoms with Crippen molar-refractivity contribution in [3.05, 3.63) is 70.5 Å². The van der Waals surface area contributed by atoms with E-state index in [-0.39, 0.29) is 11.3 Å². The molecule has 1 aromatic heterocycles. The zero-order valence-electron chi connectivity index (χ0n) is 13.1. The van der Waals surface area contributed by atoms with E-state index in [4.69, 9.17) is 4.74 Å². The van der Waals surface area contributed by atoms with Gasteiger partial charge in [-0.1, -0.05) is 0 Å². The van der Waals surface area contributed by atoms with Gasteiger partial charge in [0.05, 0.1) is 30.1 Å². The molecular formula is C16H13N5O4. The standard InChI is InChI=1S/C16H13N5O4/c1-25-13-6-7-15(21(23)24)14(10-13)16(22)19-11-2-4-12(5-3-11)20-17-8-9-18-20/h2-10H,1H3,(H,19,22). The molecule has 2 aromatic carbocycles. The molecule has 1 N–H and O–H groups in total. The molecule has 0 spiro atoms. The van der Waals surface area contributed by atoms with Gasteiger partial charge in [0.15, 0.2) is 0 Å². The van der Waals surface area contributed by atoms with Gasteiger partial charge in [-0.2, -0.15) is 15.0 Å². The number of nitro benzene ring substituents is 1. The number of amides is 1. The average Bonchev–Trinajstić information content (AvgIpc) is 3.16. The highest BCUT2D eigenvalue weighted by Gasteiger charge is 2.21. The zero-order chi connectivity index (χ0) is 17.8. The van der Waals surface area contributed by atoms with Gasteiger partial charge in [0.25, 0.3) is 11.6 Å². The number of nitrogens with zero attached hydrogens (tertiary/aromatic N) is 4. The Hall–Kier alpha value is -3.75. The number of nitro groups is 1. The van der Waals surface area contributed by atoms with E-state index in [1.807, 2.05) is 0 Å². The van der Waals surface area contributed by atoms with Crippen LogP contribution in [0, 0.1) is 10.1 Å². The molecule has 0 radical (unpaired) electrons. The molecule has 0 unspecified atom stereocenters. The number of carbonyl (C=O) groups is 1. The van der Waals surface area contributed by atoms with Crippen molar-refractivity contribution in [2.24, 2.45) is 0 Å². The number of nitrogens with one attached hydrogen (secondary N) is 1. The van der Waals surface area contributed by atoms with E-state index in [9.17, 15) is 14.9 Å². The first-order chi connectivity index (χ1) is 12.1. The van der Waals surface area contributed by atoms with Crippen LogP contribution in [0.25, 0.3) is 5.69 Å². The Labute approximate surface area is 142 Å². The number of anilines is 1. The molecule has 0 aliphatic heterocycles. The lowest BCUT2D eigenvalue weighted by Crippen LogP contribution is -2.14. The van der Waals surface area contributed by atoms with E-state index in [1.54, 1.807) is 36.7 Å². The first-order valence-corrected chi connectivity index (χ1v) is 7.19. The van der Waals surface area contributed by atoms with Gasteiger partial charge in [-0.3, -0.25) is 14.9 Å². The predicted molar refractivity (Wildman–Crippen MR) is 89.0 cm³/mol. The molecule has 9 nitrogen and oxygen atoms in total. The molecule has 1 amide bonds. The van der Waals surface area contributed by atoms with Crippen molar-refractivity contribution in [2.75, 3.05) is 12.4 Å². The van der Waals surface area contributed by atoms with Crippen LogP contribution in [-0.2, 0) is 0 Å². The smallest absolute Gasteiger partial charge is 0.282 e. The SMILES string of the molecule is COc1ccc([N+](=O)[O-])c(C(=O)Nc2ccc(-n3nccn3)cc2)c1. The van der Waals surface area contributed by atoms with Crippen molar-refractivity contribution < 1.29 is 14.5 Å². The Kier molecular flexibility index (Phi) is 4.38. The fraction of sp³-hybridized carbons (Fsp3) is 0.0625. The van der Waals surface area contributed by atoms with Crippen LogP contribution >= 0.6 is 0 Å². The van der Waals surface area contributed by atoms with Gasteiger partial charge >= 0.3 is 0 Å². The number of benzene rings is 2. The molecule has 0 bridgehead atoms. The fourth-order valence-electron chi connectivity index (χ4n) is 2.21. The number of aromatic nitrogens is 3. The summed E-state index contributed by atoms with van der Waals surface area (Å²) >= 11 is 0. The van der Waals surface area contributed by atoms with Crippen LogP contribution in [0.2, 0.25) is 0 Å². The highest BCUT2D eigenvalue weighted by Crippen LogP contribution is 2.25. The summed E-state index contributed by atoms with van der Waals surface area (Å²) in [4.78, 5) is 24.4. The van der Waals surface area contributed by atoms with Gasteiger partial charge in [0.2, 0.25) is 0 Å². The Morgan fingerprint density at radius 1 is 1.16 bits per heavy atom. The van der Waals surface area contributed by atoms with Crippen molar-refractivity contribution in [3.63, 3.8) is 0 Å². The van der Waals surface area contributed by atoms with E-state index in [1.165, 1.54) is 30.1 Å². The van der Waals surface area contributed by atoms with Crippen molar-refractivity contribution in [2.45, 2.75) is 0 Å². The molecule has 3 rings (SSSR count). The molecule has 9 heteroatoms. The van der Waals surface area contributed by atoms with Gasteiger partial charge in [-0.05, 0) is 36.4 Å². The van der Waals surface area contributed by atoms with E-state index < -0.39 is 10.8 Å². The average molecular weight is 339 g/mol. The predicted octanol–water partition coefficient (Wildman–Crippen LogP) is 2.44. The summed E-state index contributed by atoms with van der Waals surface area (Å²) in [6.07, 6.45) is 3.11. The second-order valence-electron chi connectivity index (χ2n) is 4.96. The summed E-state index contributed by atoms with van der Waals surface area (Å²) < 4.78 is 5.03. The van der Waals surface area contributed by atoms with Crippen LogP contribution in [0.4, 0.5) is 11.4 Å². The largest absolute Gasteiger partial charge is 0.497 e. The third-order valence-electron chi connectivity index (χ3n) is 3.42. The number of rotatable bonds is 5. The lowest BCUT2D eigenvalue weighted by Gasteiger charge is -2.08. The normalized spacial score (nSPS) is 10.3. The van der Waals surface area contributed by atoms with Crippen molar-refractivity contribution in [1.82, 2.24) is 15.0 Å². The summed E-state index contributed by atoms with van der Waals surface area (Å²) in [7, 11) is 1.42. The minimum absolute atomic E-state index is 0.0813. The minimum atomic E-state index is -0.610. The monoisotopic (exact) mass is 339 g/mol. The molecular weight excluding hydrogens is 326 g/mol. The van der Waals surface area contributed by atoms with Gasteiger partial charge in [-0.25, -0.2) is 0 Å². The maximum atomic E-state index is 12.4. The Bertz CT molecular complexity index is 907. The zero-order valence-corrected chi connectivity index (χ0v) is 13.1. The Morgan fingerprint density at radius 2 is 1.84 bits per heavy atom. The van der Waals surface area contributed by atoms with Crippen LogP contribution in [0.15, 0.2) is 54.9 Å². The van der Waals surface area contributed by atoms with Crippen LogP contribution in [0.5, 0.6) is 5.75 Å². The van der Waals surface area contributed by atoms with Crippen LogP contribution < -0.4 is 10.1 Å². The number of methoxy groups -OCH3 is 1. The summed E-state index contributed by atoms with van der Waals surface area (Å²) in [5.74, 6) is -0.244. The van der Waals surface area contributed by atoms with E-state index in [0.29, 0.717) is 11.4 Å². The molecule has 25 heavy (non-hydrogen) atoms. The van der Waals surface area contributed by atoms with Crippen molar-refractivity contribution in [1.29, 1.82) is 0 Å². The second-order valence-corrected chi connectivity index (χ2v) is 4.96. The molecule has 3 aromatic rings. The minimum Gasteiger partial charge on any atom is -0.497 e. The van der Waals surface area contributed by atoms with Gasteiger partial charge < -0.3 is 10.1 Å². The number of hydrogen-bond acceptors (Lipinski definition) is 6. The first kappa shape index (κ1) is 16.1. The van der Waals surface area contributed by atoms with E-state index >= 15 is 0 Å². The first-order valence-electron chi connectivity index (χ1n) is 7.19. The van der Waals surface area contributed by atoms with Gasteiger partial charge in [0, 0.05) is 11.8 Å². The molecule has 0 fully saturated rings. The van der Waals surface area contributed by atoms with Crippen molar-refractivity contribution in [3.8, 4) is 11.4 Å². The Balaban J connectivity index is 1.83. The number of hydrogen-bond donors (Lipinski definition) is 1. The summed E-state index contributed by atoms with van der Waals surface area (Å²) in [5.41, 5.74) is 0.825. The molecule has 126 valence electrons. The third-order valence-corrected chi connectivity index (χ3v) is 3.42. The highest BCUT2D eigenvalue weighted by molar-refractivity contribution is 6.07. The molecule has 0 aliphatic carbocycles. The van der Waals surface area contributed by atoms with E-state index in [2.05, 4.69) is 15.5 Å². The van der Waals surface area contributed by atoms with Crippen molar-refractivity contribution >= 4 is 17.3 Å². The quantitative estimate of drug-likeness (QED) is 0.564. The lowest BCUT2D eigenvalue weighted by molar-refractivity contribution is -0.385. The van der Waals surface area contributed by atoms with Gasteiger partial charge in [0.1, 0.15) is 11.3 Å². The van der Waals surface area contributed by atoms with Crippen LogP contribution in [0.1, 0.15) is 10.4 Å². The molecule has 0 saturated heterocycles. The van der Waals surface area contributed by atoms with Crippen LogP contribution in [0.3, 0.4) is 0 Å². The summed E-state index contributed by atoms with van der Waals surface area (Å²) in [6.45, 7) is 0. The van der Waals surface area contributed by atoms with E-state index in [0.717, 1.165) is 5.69 Å². The second kappa shape index (κ2) is 6.79. The molecule has 1 heterocycles. The number of carbonyl (C=O) groups excluding carboxylic acids is 1. The van der Waals surface area contributed by atoms with Crippen LogP contribution in [-0.4, -0.2) is 32.9 Å². The lowest BCUT2D eigenvalue weighted by atomic mass is 10.1. The maximum absolute atomic E-state index is 12.4. The third kappa shape index (κ3) is 3.44. The summed E-state index contributed by atoms with van der Waals surface area (Å²) in [5, 5.41) is 21.8. The topological polar surface area (TPSA) is 112 Å². The Morgan fingerprint density at radius 3 is 2.44 bits per heavy atom.